The molecule has 0 atom stereocenters. The van der Waals surface area contributed by atoms with Gasteiger partial charge in [0, 0.05) is 17.5 Å². The summed E-state index contributed by atoms with van der Waals surface area (Å²) in [5.74, 6) is 0.319. The molecule has 0 aliphatic rings. The third-order valence-corrected chi connectivity index (χ3v) is 5.02. The number of H-pyrrole nitrogens is 1. The fraction of sp³-hybridized carbons (Fsp3) is 0.261. The molecule has 0 saturated carbocycles. The molecule has 154 valence electrons. The Morgan fingerprint density at radius 3 is 2.57 bits per heavy atom. The minimum Gasteiger partial charge on any atom is -0.460 e. The molecular formula is C23H23N3O4. The summed E-state index contributed by atoms with van der Waals surface area (Å²) < 4.78 is 11.0. The van der Waals surface area contributed by atoms with Crippen molar-refractivity contribution in [3.05, 3.63) is 76.0 Å². The van der Waals surface area contributed by atoms with E-state index in [0.29, 0.717) is 41.9 Å². The van der Waals surface area contributed by atoms with Crippen LogP contribution in [0.4, 0.5) is 0 Å². The smallest absolute Gasteiger partial charge is 0.374 e. The van der Waals surface area contributed by atoms with Crippen molar-refractivity contribution < 1.29 is 13.9 Å². The zero-order valence-electron chi connectivity index (χ0n) is 17.0. The Balaban J connectivity index is 1.67. The Morgan fingerprint density at radius 2 is 1.80 bits per heavy atom. The lowest BCUT2D eigenvalue weighted by atomic mass is 10.1. The number of hydrogen-bond donors (Lipinski definition) is 1. The first-order valence-corrected chi connectivity index (χ1v) is 9.98. The predicted octanol–water partition coefficient (Wildman–Crippen LogP) is 3.87. The van der Waals surface area contributed by atoms with Gasteiger partial charge in [-0.15, -0.1) is 0 Å². The highest BCUT2D eigenvalue weighted by atomic mass is 16.5. The number of carbonyl (C=O) groups is 1. The third-order valence-electron chi connectivity index (χ3n) is 5.02. The molecule has 0 radical (unpaired) electrons. The van der Waals surface area contributed by atoms with Crippen molar-refractivity contribution in [2.24, 2.45) is 0 Å². The highest BCUT2D eigenvalue weighted by Gasteiger charge is 2.23. The lowest BCUT2D eigenvalue weighted by Gasteiger charge is -2.20. The molecule has 4 rings (SSSR count). The van der Waals surface area contributed by atoms with Gasteiger partial charge in [0.2, 0.25) is 5.76 Å². The molecule has 1 N–H and O–H groups in total. The van der Waals surface area contributed by atoms with Gasteiger partial charge in [-0.05, 0) is 31.7 Å². The summed E-state index contributed by atoms with van der Waals surface area (Å²) >= 11 is 0. The van der Waals surface area contributed by atoms with Gasteiger partial charge in [-0.25, -0.2) is 9.78 Å². The minimum absolute atomic E-state index is 0.160. The van der Waals surface area contributed by atoms with E-state index in [9.17, 15) is 9.59 Å². The maximum absolute atomic E-state index is 12.5. The number of para-hydroxylation sites is 2. The topological polar surface area (TPSA) is 88.4 Å². The number of furan rings is 1. The van der Waals surface area contributed by atoms with Gasteiger partial charge in [0.25, 0.3) is 5.56 Å². The van der Waals surface area contributed by atoms with Gasteiger partial charge >= 0.3 is 5.97 Å². The van der Waals surface area contributed by atoms with Gasteiger partial charge in [-0.3, -0.25) is 9.69 Å². The van der Waals surface area contributed by atoms with Gasteiger partial charge in [0.1, 0.15) is 11.4 Å². The third kappa shape index (κ3) is 3.84. The zero-order valence-corrected chi connectivity index (χ0v) is 17.0. The Labute approximate surface area is 173 Å². The average Bonchev–Trinajstić information content (AvgIpc) is 3.12. The van der Waals surface area contributed by atoms with E-state index in [1.807, 2.05) is 49.4 Å². The number of hydrogen-bond acceptors (Lipinski definition) is 6. The lowest BCUT2D eigenvalue weighted by molar-refractivity contribution is 0.0489. The number of fused-ring (bicyclic) bond motifs is 2. The number of ether oxygens (including phenoxy) is 1. The number of aromatic amines is 1. The van der Waals surface area contributed by atoms with Crippen LogP contribution in [0, 0.1) is 0 Å². The molecule has 0 fully saturated rings. The van der Waals surface area contributed by atoms with Crippen molar-refractivity contribution in [2.45, 2.75) is 26.9 Å². The van der Waals surface area contributed by atoms with Crippen molar-refractivity contribution >= 4 is 27.8 Å². The van der Waals surface area contributed by atoms with E-state index >= 15 is 0 Å². The fourth-order valence-corrected chi connectivity index (χ4v) is 3.54. The van der Waals surface area contributed by atoms with Gasteiger partial charge in [0.15, 0.2) is 0 Å². The van der Waals surface area contributed by atoms with Crippen LogP contribution in [-0.4, -0.2) is 34.0 Å². The highest BCUT2D eigenvalue weighted by Crippen LogP contribution is 2.28. The van der Waals surface area contributed by atoms with Crippen molar-refractivity contribution in [1.82, 2.24) is 14.9 Å². The van der Waals surface area contributed by atoms with Gasteiger partial charge in [-0.1, -0.05) is 37.3 Å². The molecule has 0 bridgehead atoms. The summed E-state index contributed by atoms with van der Waals surface area (Å²) in [4.78, 5) is 34.4. The quantitative estimate of drug-likeness (QED) is 0.470. The maximum atomic E-state index is 12.5. The average molecular weight is 405 g/mol. The van der Waals surface area contributed by atoms with Crippen LogP contribution in [0.15, 0.2) is 57.7 Å². The molecule has 4 aromatic rings. The van der Waals surface area contributed by atoms with Crippen LogP contribution in [-0.2, 0) is 17.8 Å². The number of nitrogens with zero attached hydrogens (tertiary/aromatic N) is 2. The van der Waals surface area contributed by atoms with E-state index < -0.39 is 5.97 Å². The van der Waals surface area contributed by atoms with E-state index in [2.05, 4.69) is 14.9 Å². The predicted molar refractivity (Wildman–Crippen MR) is 114 cm³/mol. The molecule has 7 heteroatoms. The molecule has 0 unspecified atom stereocenters. The summed E-state index contributed by atoms with van der Waals surface area (Å²) in [5.41, 5.74) is 1.92. The molecule has 7 nitrogen and oxygen atoms in total. The molecule has 0 aliphatic heterocycles. The molecule has 0 aliphatic carbocycles. The standard InChI is InChI=1S/C23H23N3O4/c1-3-26(14-20-24-18-11-7-5-10-16(18)22(27)25-20)13-17-15-9-6-8-12-19(15)30-21(17)23(28)29-4-2/h5-12H,3-4,13-14H2,1-2H3,(H,24,25,27). The Hall–Kier alpha value is -3.45. The number of benzene rings is 2. The fourth-order valence-electron chi connectivity index (χ4n) is 3.54. The number of rotatable bonds is 7. The van der Waals surface area contributed by atoms with Crippen molar-refractivity contribution in [2.75, 3.05) is 13.2 Å². The van der Waals surface area contributed by atoms with E-state index in [1.54, 1.807) is 13.0 Å². The van der Waals surface area contributed by atoms with Gasteiger partial charge in [-0.2, -0.15) is 0 Å². The first kappa shape index (κ1) is 19.8. The molecule has 2 aromatic carbocycles. The number of aromatic nitrogens is 2. The van der Waals surface area contributed by atoms with Crippen LogP contribution < -0.4 is 5.56 Å². The lowest BCUT2D eigenvalue weighted by Crippen LogP contribution is -2.26. The van der Waals surface area contributed by atoms with Crippen molar-refractivity contribution in [1.29, 1.82) is 0 Å². The second-order valence-electron chi connectivity index (χ2n) is 6.96. The molecule has 0 saturated heterocycles. The first-order chi connectivity index (χ1) is 14.6. The molecule has 0 amide bonds. The van der Waals surface area contributed by atoms with E-state index in [1.165, 1.54) is 0 Å². The summed E-state index contributed by atoms with van der Waals surface area (Å²) in [7, 11) is 0. The maximum Gasteiger partial charge on any atom is 0.374 e. The van der Waals surface area contributed by atoms with Crippen LogP contribution in [0.3, 0.4) is 0 Å². The SMILES string of the molecule is CCOC(=O)c1oc2ccccc2c1CN(CC)Cc1nc2ccccc2c(=O)[nH]1. The van der Waals surface area contributed by atoms with Crippen molar-refractivity contribution in [3.63, 3.8) is 0 Å². The second kappa shape index (κ2) is 8.51. The number of nitrogens with one attached hydrogen (secondary N) is 1. The summed E-state index contributed by atoms with van der Waals surface area (Å²) in [6, 6.07) is 14.8. The molecule has 2 aromatic heterocycles. The Morgan fingerprint density at radius 1 is 1.07 bits per heavy atom. The Bertz CT molecular complexity index is 1260. The molecule has 2 heterocycles. The van der Waals surface area contributed by atoms with Crippen molar-refractivity contribution in [3.8, 4) is 0 Å². The summed E-state index contributed by atoms with van der Waals surface area (Å²) in [5, 5.41) is 1.44. The van der Waals surface area contributed by atoms with E-state index in [4.69, 9.17) is 9.15 Å². The summed E-state index contributed by atoms with van der Waals surface area (Å²) in [6.07, 6.45) is 0. The van der Waals surface area contributed by atoms with Crippen LogP contribution in [0.2, 0.25) is 0 Å². The van der Waals surface area contributed by atoms with E-state index in [-0.39, 0.29) is 17.9 Å². The zero-order chi connectivity index (χ0) is 21.1. The molecule has 0 spiro atoms. The second-order valence-corrected chi connectivity index (χ2v) is 6.96. The summed E-state index contributed by atoms with van der Waals surface area (Å²) in [6.45, 7) is 5.63. The van der Waals surface area contributed by atoms with Crippen LogP contribution in [0.1, 0.15) is 35.8 Å². The van der Waals surface area contributed by atoms with Crippen LogP contribution >= 0.6 is 0 Å². The Kier molecular flexibility index (Phi) is 5.63. The van der Waals surface area contributed by atoms with Crippen LogP contribution in [0.5, 0.6) is 0 Å². The number of carbonyl (C=O) groups excluding carboxylic acids is 1. The van der Waals surface area contributed by atoms with Gasteiger partial charge in [0.05, 0.1) is 24.1 Å². The first-order valence-electron chi connectivity index (χ1n) is 9.98. The minimum atomic E-state index is -0.475. The largest absolute Gasteiger partial charge is 0.460 e. The van der Waals surface area contributed by atoms with Crippen LogP contribution in [0.25, 0.3) is 21.9 Å². The molecular weight excluding hydrogens is 382 g/mol. The normalized spacial score (nSPS) is 11.4. The monoisotopic (exact) mass is 405 g/mol. The number of esters is 1. The molecule has 30 heavy (non-hydrogen) atoms. The van der Waals surface area contributed by atoms with E-state index in [0.717, 1.165) is 10.9 Å². The highest BCUT2D eigenvalue weighted by molar-refractivity contribution is 5.96. The van der Waals surface area contributed by atoms with Gasteiger partial charge < -0.3 is 14.1 Å².